The summed E-state index contributed by atoms with van der Waals surface area (Å²) in [5.41, 5.74) is 1.84. The van der Waals surface area contributed by atoms with Crippen LogP contribution in [0.1, 0.15) is 28.1 Å². The zero-order valence-electron chi connectivity index (χ0n) is 15.5. The van der Waals surface area contributed by atoms with Crippen molar-refractivity contribution in [1.82, 2.24) is 15.1 Å². The zero-order chi connectivity index (χ0) is 20.3. The summed E-state index contributed by atoms with van der Waals surface area (Å²) in [4.78, 5) is 12.1. The lowest BCUT2D eigenvalue weighted by molar-refractivity contribution is -0.138. The third-order valence-electron chi connectivity index (χ3n) is 4.34. The van der Waals surface area contributed by atoms with Gasteiger partial charge in [-0.15, -0.1) is 0 Å². The van der Waals surface area contributed by atoms with Crippen LogP contribution in [0.2, 0.25) is 0 Å². The summed E-state index contributed by atoms with van der Waals surface area (Å²) < 4.78 is 42.2. The van der Waals surface area contributed by atoms with E-state index in [2.05, 4.69) is 10.4 Å². The van der Waals surface area contributed by atoms with Crippen LogP contribution in [0.4, 0.5) is 13.2 Å². The van der Waals surface area contributed by atoms with Crippen molar-refractivity contribution in [2.24, 2.45) is 0 Å². The molecule has 28 heavy (non-hydrogen) atoms. The number of carbonyl (C=O) groups excluding carboxylic acids is 1. The first-order chi connectivity index (χ1) is 13.2. The van der Waals surface area contributed by atoms with Crippen LogP contribution < -0.4 is 5.32 Å². The monoisotopic (exact) mass is 387 g/mol. The first kappa shape index (κ1) is 19.7. The lowest BCUT2D eigenvalue weighted by Crippen LogP contribution is -2.26. The number of aryl methyl sites for hydroxylation is 2. The van der Waals surface area contributed by atoms with Crippen LogP contribution in [-0.4, -0.2) is 15.7 Å². The molecular weight excluding hydrogens is 367 g/mol. The highest BCUT2D eigenvalue weighted by Gasteiger charge is 2.34. The maximum absolute atomic E-state index is 13.6. The minimum absolute atomic E-state index is 0.0131. The molecule has 1 amide bonds. The molecular formula is C21H20F3N3O. The van der Waals surface area contributed by atoms with Gasteiger partial charge >= 0.3 is 6.18 Å². The van der Waals surface area contributed by atoms with Gasteiger partial charge in [0.15, 0.2) is 0 Å². The van der Waals surface area contributed by atoms with Gasteiger partial charge in [0, 0.05) is 12.2 Å². The van der Waals surface area contributed by atoms with Crippen molar-refractivity contribution in [3.05, 3.63) is 82.7 Å². The number of nitrogens with zero attached hydrogens (tertiary/aromatic N) is 2. The molecule has 0 spiro atoms. The molecule has 0 unspecified atom stereocenters. The third-order valence-corrected chi connectivity index (χ3v) is 4.34. The van der Waals surface area contributed by atoms with E-state index in [-0.39, 0.29) is 24.4 Å². The van der Waals surface area contributed by atoms with Crippen LogP contribution in [0.15, 0.2) is 54.6 Å². The molecule has 0 atom stereocenters. The average molecular weight is 387 g/mol. The summed E-state index contributed by atoms with van der Waals surface area (Å²) >= 11 is 0. The van der Waals surface area contributed by atoms with Crippen molar-refractivity contribution in [3.8, 4) is 5.69 Å². The molecule has 0 aliphatic carbocycles. The van der Waals surface area contributed by atoms with Crippen LogP contribution >= 0.6 is 0 Å². The molecule has 1 heterocycles. The average Bonchev–Trinajstić information content (AvgIpc) is 2.98. The van der Waals surface area contributed by atoms with Crippen molar-refractivity contribution in [2.75, 3.05) is 0 Å². The molecule has 0 fully saturated rings. The van der Waals surface area contributed by atoms with Crippen molar-refractivity contribution in [2.45, 2.75) is 33.0 Å². The first-order valence-corrected chi connectivity index (χ1v) is 8.78. The molecule has 146 valence electrons. The molecule has 3 aromatic rings. The zero-order valence-corrected chi connectivity index (χ0v) is 15.5. The van der Waals surface area contributed by atoms with E-state index >= 15 is 0 Å². The highest BCUT2D eigenvalue weighted by atomic mass is 19.4. The predicted octanol–water partition coefficient (Wildman–Crippen LogP) is 4.37. The first-order valence-electron chi connectivity index (χ1n) is 8.78. The van der Waals surface area contributed by atoms with Gasteiger partial charge in [-0.25, -0.2) is 4.68 Å². The smallest absolute Gasteiger partial charge is 0.352 e. The summed E-state index contributed by atoms with van der Waals surface area (Å²) in [6.45, 7) is 3.37. The number of aromatic nitrogens is 2. The molecule has 0 bridgehead atoms. The molecule has 3 rings (SSSR count). The second-order valence-electron chi connectivity index (χ2n) is 6.62. The number of benzene rings is 2. The number of hydrogen-bond acceptors (Lipinski definition) is 2. The topological polar surface area (TPSA) is 46.9 Å². The highest BCUT2D eigenvalue weighted by molar-refractivity contribution is 5.78. The van der Waals surface area contributed by atoms with Gasteiger partial charge in [-0.05, 0) is 43.2 Å². The lowest BCUT2D eigenvalue weighted by atomic mass is 10.1. The molecule has 7 heteroatoms. The molecule has 1 aromatic heterocycles. The third kappa shape index (κ3) is 4.60. The molecule has 0 saturated heterocycles. The fourth-order valence-electron chi connectivity index (χ4n) is 3.04. The summed E-state index contributed by atoms with van der Waals surface area (Å²) in [5, 5.41) is 6.81. The van der Waals surface area contributed by atoms with E-state index in [1.54, 1.807) is 38.1 Å². The second-order valence-corrected chi connectivity index (χ2v) is 6.62. The van der Waals surface area contributed by atoms with Crippen molar-refractivity contribution in [3.63, 3.8) is 0 Å². The molecule has 0 aliphatic rings. The fourth-order valence-corrected chi connectivity index (χ4v) is 3.04. The van der Waals surface area contributed by atoms with E-state index in [1.807, 2.05) is 18.2 Å². The van der Waals surface area contributed by atoms with Crippen molar-refractivity contribution < 1.29 is 18.0 Å². The maximum Gasteiger partial charge on any atom is 0.416 e. The Balaban J connectivity index is 1.80. The Bertz CT molecular complexity index is 978. The molecule has 1 N–H and O–H groups in total. The molecule has 0 radical (unpaired) electrons. The lowest BCUT2D eigenvalue weighted by Gasteiger charge is -2.16. The van der Waals surface area contributed by atoms with Crippen LogP contribution in [-0.2, 0) is 23.9 Å². The summed E-state index contributed by atoms with van der Waals surface area (Å²) in [5.74, 6) is -0.332. The van der Waals surface area contributed by atoms with Gasteiger partial charge in [-0.2, -0.15) is 18.3 Å². The fraction of sp³-hybridized carbons (Fsp3) is 0.238. The van der Waals surface area contributed by atoms with E-state index in [9.17, 15) is 18.0 Å². The van der Waals surface area contributed by atoms with E-state index in [1.165, 1.54) is 10.7 Å². The highest BCUT2D eigenvalue weighted by Crippen LogP contribution is 2.33. The van der Waals surface area contributed by atoms with Gasteiger partial charge in [0.25, 0.3) is 0 Å². The minimum Gasteiger partial charge on any atom is -0.352 e. The molecule has 2 aromatic carbocycles. The number of carbonyl (C=O) groups is 1. The predicted molar refractivity (Wildman–Crippen MR) is 100 cm³/mol. The Morgan fingerprint density at radius 1 is 1.07 bits per heavy atom. The van der Waals surface area contributed by atoms with Crippen LogP contribution in [0.25, 0.3) is 5.69 Å². The Morgan fingerprint density at radius 2 is 1.79 bits per heavy atom. The Labute approximate surface area is 161 Å². The molecule has 0 aliphatic heterocycles. The summed E-state index contributed by atoms with van der Waals surface area (Å²) in [6, 6.07) is 14.9. The minimum atomic E-state index is -4.54. The quantitative estimate of drug-likeness (QED) is 0.707. The molecule has 4 nitrogen and oxygen atoms in total. The number of nitrogens with one attached hydrogen (secondary N) is 1. The van der Waals surface area contributed by atoms with Gasteiger partial charge in [-0.1, -0.05) is 36.4 Å². The van der Waals surface area contributed by atoms with E-state index in [0.29, 0.717) is 5.69 Å². The van der Waals surface area contributed by atoms with Gasteiger partial charge in [0.2, 0.25) is 5.91 Å². The van der Waals surface area contributed by atoms with Crippen molar-refractivity contribution in [1.29, 1.82) is 0 Å². The van der Waals surface area contributed by atoms with Crippen LogP contribution in [0.3, 0.4) is 0 Å². The largest absolute Gasteiger partial charge is 0.416 e. The van der Waals surface area contributed by atoms with Crippen LogP contribution in [0.5, 0.6) is 0 Å². The van der Waals surface area contributed by atoms with E-state index < -0.39 is 11.7 Å². The van der Waals surface area contributed by atoms with Crippen molar-refractivity contribution >= 4 is 5.91 Å². The number of rotatable bonds is 5. The van der Waals surface area contributed by atoms with Gasteiger partial charge in [-0.3, -0.25) is 4.79 Å². The summed E-state index contributed by atoms with van der Waals surface area (Å²) in [6.07, 6.45) is -4.42. The Hall–Kier alpha value is -3.09. The number of hydrogen-bond donors (Lipinski definition) is 1. The Morgan fingerprint density at radius 3 is 2.39 bits per heavy atom. The van der Waals surface area contributed by atoms with Gasteiger partial charge in [0.05, 0.1) is 23.4 Å². The number of alkyl halides is 3. The SMILES string of the molecule is Cc1cc(C)n(-c2ccc(CNC(=O)Cc3ccccc3)c(C(F)(F)F)c2)n1. The number of amides is 1. The van der Waals surface area contributed by atoms with Crippen LogP contribution in [0, 0.1) is 13.8 Å². The van der Waals surface area contributed by atoms with Gasteiger partial charge in [0.1, 0.15) is 0 Å². The second kappa shape index (κ2) is 7.88. The maximum atomic E-state index is 13.6. The Kier molecular flexibility index (Phi) is 5.53. The standard InChI is InChI=1S/C21H20F3N3O/c1-14-10-15(2)27(26-14)18-9-8-17(19(12-18)21(22,23)24)13-25-20(28)11-16-6-4-3-5-7-16/h3-10,12H,11,13H2,1-2H3,(H,25,28). The normalized spacial score (nSPS) is 11.5. The van der Waals surface area contributed by atoms with Gasteiger partial charge < -0.3 is 5.32 Å². The van der Waals surface area contributed by atoms with E-state index in [4.69, 9.17) is 0 Å². The number of halogens is 3. The molecule has 0 saturated carbocycles. The van der Waals surface area contributed by atoms with E-state index in [0.717, 1.165) is 23.0 Å². The summed E-state index contributed by atoms with van der Waals surface area (Å²) in [7, 11) is 0.